The molecule has 1 heterocycles. The fraction of sp³-hybridized carbons (Fsp3) is 0.158. The van der Waals surface area contributed by atoms with E-state index in [0.717, 1.165) is 40.1 Å². The third-order valence-electron chi connectivity index (χ3n) is 7.92. The number of benzene rings is 4. The van der Waals surface area contributed by atoms with E-state index in [1.165, 1.54) is 0 Å². The zero-order valence-electron chi connectivity index (χ0n) is 25.4. The standard InChI is InChI=1S/C38H33N3O5/c1-45-28-18-15-25(16-19-28)21-22-39-37(43)30-12-6-8-14-33(30)40-34(42)24-46-38(44)35-29-11-5-7-13-32(29)41-36-27(17-20-31(35)36)23-26-9-3-2-4-10-26/h2-16,18-19,23H,17,20-22,24H2,1H3,(H,39,43)(H,40,42). The van der Waals surface area contributed by atoms with E-state index in [9.17, 15) is 14.4 Å². The molecule has 6 rings (SSSR count). The van der Waals surface area contributed by atoms with Crippen molar-refractivity contribution in [2.24, 2.45) is 0 Å². The van der Waals surface area contributed by atoms with Crippen LogP contribution in [0.5, 0.6) is 5.75 Å². The second-order valence-electron chi connectivity index (χ2n) is 10.9. The number of nitrogens with one attached hydrogen (secondary N) is 2. The minimum Gasteiger partial charge on any atom is -0.497 e. The SMILES string of the molecule is COc1ccc(CCNC(=O)c2ccccc2NC(=O)COC(=O)c2c3c(nc4ccccc24)C(=Cc2ccccc2)CC3)cc1. The van der Waals surface area contributed by atoms with Gasteiger partial charge in [-0.1, -0.05) is 72.8 Å². The maximum Gasteiger partial charge on any atom is 0.339 e. The second kappa shape index (κ2) is 13.9. The molecule has 0 radical (unpaired) electrons. The lowest BCUT2D eigenvalue weighted by atomic mass is 10.0. The van der Waals surface area contributed by atoms with Crippen LogP contribution in [0, 0.1) is 0 Å². The van der Waals surface area contributed by atoms with E-state index >= 15 is 0 Å². The Morgan fingerprint density at radius 3 is 2.39 bits per heavy atom. The summed E-state index contributed by atoms with van der Waals surface area (Å²) in [5.74, 6) is -0.687. The summed E-state index contributed by atoms with van der Waals surface area (Å²) in [5, 5.41) is 6.32. The average molecular weight is 612 g/mol. The number of aromatic nitrogens is 1. The zero-order valence-corrected chi connectivity index (χ0v) is 25.4. The molecule has 46 heavy (non-hydrogen) atoms. The number of hydrogen-bond donors (Lipinski definition) is 2. The minimum atomic E-state index is -0.587. The molecule has 0 spiro atoms. The maximum absolute atomic E-state index is 13.6. The molecule has 230 valence electrons. The van der Waals surface area contributed by atoms with Gasteiger partial charge in [0.1, 0.15) is 5.75 Å². The fourth-order valence-corrected chi connectivity index (χ4v) is 5.65. The van der Waals surface area contributed by atoms with Gasteiger partial charge in [0.25, 0.3) is 11.8 Å². The molecule has 2 N–H and O–H groups in total. The molecular weight excluding hydrogens is 578 g/mol. The van der Waals surface area contributed by atoms with E-state index in [2.05, 4.69) is 16.7 Å². The molecule has 8 heteroatoms. The van der Waals surface area contributed by atoms with E-state index in [-0.39, 0.29) is 5.91 Å². The molecule has 0 unspecified atom stereocenters. The average Bonchev–Trinajstić information content (AvgIpc) is 3.48. The van der Waals surface area contributed by atoms with Crippen LogP contribution in [0.4, 0.5) is 5.69 Å². The smallest absolute Gasteiger partial charge is 0.339 e. The molecule has 0 saturated carbocycles. The largest absolute Gasteiger partial charge is 0.497 e. The van der Waals surface area contributed by atoms with Crippen molar-refractivity contribution in [2.45, 2.75) is 19.3 Å². The van der Waals surface area contributed by atoms with Gasteiger partial charge in [-0.2, -0.15) is 0 Å². The van der Waals surface area contributed by atoms with Gasteiger partial charge in [0.2, 0.25) is 0 Å². The molecule has 1 aliphatic rings. The summed E-state index contributed by atoms with van der Waals surface area (Å²) in [6.07, 6.45) is 4.12. The number of carbonyl (C=O) groups is 3. The predicted molar refractivity (Wildman–Crippen MR) is 179 cm³/mol. The number of rotatable bonds is 10. The van der Waals surface area contributed by atoms with Gasteiger partial charge >= 0.3 is 5.97 Å². The zero-order chi connectivity index (χ0) is 31.9. The van der Waals surface area contributed by atoms with Gasteiger partial charge < -0.3 is 20.1 Å². The lowest BCUT2D eigenvalue weighted by Gasteiger charge is -2.14. The number of amides is 2. The van der Waals surface area contributed by atoms with Crippen LogP contribution < -0.4 is 15.4 Å². The molecule has 0 saturated heterocycles. The monoisotopic (exact) mass is 611 g/mol. The van der Waals surface area contributed by atoms with Crippen molar-refractivity contribution in [3.05, 3.63) is 137 Å². The van der Waals surface area contributed by atoms with Gasteiger partial charge in [-0.05, 0) is 77.9 Å². The van der Waals surface area contributed by atoms with E-state index in [0.29, 0.717) is 47.1 Å². The molecule has 5 aromatic rings. The number of allylic oxidation sites excluding steroid dienone is 1. The number of pyridine rings is 1. The second-order valence-corrected chi connectivity index (χ2v) is 10.9. The molecule has 0 atom stereocenters. The summed E-state index contributed by atoms with van der Waals surface area (Å²) < 4.78 is 10.8. The van der Waals surface area contributed by atoms with Crippen LogP contribution in [-0.4, -0.2) is 43.0 Å². The molecule has 4 aromatic carbocycles. The van der Waals surface area contributed by atoms with Crippen LogP contribution in [0.15, 0.2) is 103 Å². The Bertz CT molecular complexity index is 1930. The molecule has 0 bridgehead atoms. The van der Waals surface area contributed by atoms with Crippen LogP contribution in [0.2, 0.25) is 0 Å². The maximum atomic E-state index is 13.6. The van der Waals surface area contributed by atoms with E-state index in [4.69, 9.17) is 14.5 Å². The summed E-state index contributed by atoms with van der Waals surface area (Å²) in [5.41, 5.74) is 6.54. The molecule has 2 amide bonds. The number of carbonyl (C=O) groups excluding carboxylic acids is 3. The predicted octanol–water partition coefficient (Wildman–Crippen LogP) is 6.50. The third-order valence-corrected chi connectivity index (χ3v) is 7.92. The van der Waals surface area contributed by atoms with E-state index in [1.807, 2.05) is 78.9 Å². The van der Waals surface area contributed by atoms with Crippen LogP contribution in [0.1, 0.15) is 49.5 Å². The van der Waals surface area contributed by atoms with Crippen LogP contribution in [0.3, 0.4) is 0 Å². The van der Waals surface area contributed by atoms with Crippen LogP contribution in [0.25, 0.3) is 22.6 Å². The number of hydrogen-bond acceptors (Lipinski definition) is 6. The Morgan fingerprint density at radius 1 is 0.848 bits per heavy atom. The number of esters is 1. The van der Waals surface area contributed by atoms with E-state index in [1.54, 1.807) is 31.4 Å². The number of para-hydroxylation sites is 2. The number of fused-ring (bicyclic) bond motifs is 2. The first-order chi connectivity index (χ1) is 22.5. The van der Waals surface area contributed by atoms with Gasteiger partial charge in [-0.15, -0.1) is 0 Å². The first kappa shape index (κ1) is 30.3. The summed E-state index contributed by atoms with van der Waals surface area (Å²) in [4.78, 5) is 44.4. The minimum absolute atomic E-state index is 0.313. The van der Waals surface area contributed by atoms with Crippen molar-refractivity contribution < 1.29 is 23.9 Å². The third kappa shape index (κ3) is 6.81. The Hall–Kier alpha value is -5.76. The number of ether oxygens (including phenoxy) is 2. The highest BCUT2D eigenvalue weighted by molar-refractivity contribution is 6.08. The summed E-state index contributed by atoms with van der Waals surface area (Å²) >= 11 is 0. The van der Waals surface area contributed by atoms with Crippen molar-refractivity contribution in [2.75, 3.05) is 25.6 Å². The molecule has 1 aromatic heterocycles. The summed E-state index contributed by atoms with van der Waals surface area (Å²) in [7, 11) is 1.61. The molecule has 0 aliphatic heterocycles. The highest BCUT2D eigenvalue weighted by atomic mass is 16.5. The van der Waals surface area contributed by atoms with Crippen molar-refractivity contribution in [1.82, 2.24) is 10.3 Å². The van der Waals surface area contributed by atoms with Crippen LogP contribution >= 0.6 is 0 Å². The summed E-state index contributed by atoms with van der Waals surface area (Å²) in [6, 6.07) is 31.8. The molecule has 8 nitrogen and oxygen atoms in total. The number of anilines is 1. The van der Waals surface area contributed by atoms with Crippen molar-refractivity contribution >= 4 is 46.0 Å². The van der Waals surface area contributed by atoms with Crippen LogP contribution in [-0.2, 0) is 22.4 Å². The highest BCUT2D eigenvalue weighted by Crippen LogP contribution is 2.37. The van der Waals surface area contributed by atoms with E-state index < -0.39 is 18.5 Å². The Kier molecular flexibility index (Phi) is 9.15. The molecule has 0 fully saturated rings. The lowest BCUT2D eigenvalue weighted by molar-refractivity contribution is -0.119. The first-order valence-corrected chi connectivity index (χ1v) is 15.1. The van der Waals surface area contributed by atoms with Crippen molar-refractivity contribution in [1.29, 1.82) is 0 Å². The van der Waals surface area contributed by atoms with Gasteiger partial charge in [0.15, 0.2) is 6.61 Å². The van der Waals surface area contributed by atoms with Gasteiger partial charge in [-0.25, -0.2) is 9.78 Å². The van der Waals surface area contributed by atoms with Gasteiger partial charge in [-0.3, -0.25) is 9.59 Å². The fourth-order valence-electron chi connectivity index (χ4n) is 5.65. The Labute approximate surface area is 267 Å². The number of nitrogens with zero attached hydrogens (tertiary/aromatic N) is 1. The Morgan fingerprint density at radius 2 is 1.59 bits per heavy atom. The quantitative estimate of drug-likeness (QED) is 0.175. The normalized spacial score (nSPS) is 12.8. The van der Waals surface area contributed by atoms with Crippen molar-refractivity contribution in [3.63, 3.8) is 0 Å². The highest BCUT2D eigenvalue weighted by Gasteiger charge is 2.28. The van der Waals surface area contributed by atoms with Gasteiger partial charge in [0.05, 0.1) is 35.1 Å². The molecule has 1 aliphatic carbocycles. The first-order valence-electron chi connectivity index (χ1n) is 15.1. The van der Waals surface area contributed by atoms with Gasteiger partial charge in [0, 0.05) is 11.9 Å². The lowest BCUT2D eigenvalue weighted by Crippen LogP contribution is -2.28. The topological polar surface area (TPSA) is 107 Å². The molecular formula is C38H33N3O5. The van der Waals surface area contributed by atoms with Crippen molar-refractivity contribution in [3.8, 4) is 5.75 Å². The number of methoxy groups -OCH3 is 1. The summed E-state index contributed by atoms with van der Waals surface area (Å²) in [6.45, 7) is -0.0953. The Balaban J connectivity index is 1.13.